The summed E-state index contributed by atoms with van der Waals surface area (Å²) in [6, 6.07) is 2.48. The van der Waals surface area contributed by atoms with Crippen LogP contribution in [0.4, 0.5) is 11.6 Å². The first kappa shape index (κ1) is 11.8. The van der Waals surface area contributed by atoms with Crippen molar-refractivity contribution < 1.29 is 0 Å². The van der Waals surface area contributed by atoms with Gasteiger partial charge in [-0.2, -0.15) is 0 Å². The zero-order chi connectivity index (χ0) is 11.3. The summed E-state index contributed by atoms with van der Waals surface area (Å²) in [7, 11) is 2.06. The second-order valence-electron chi connectivity index (χ2n) is 3.66. The van der Waals surface area contributed by atoms with Crippen LogP contribution in [0.2, 0.25) is 0 Å². The lowest BCUT2D eigenvalue weighted by Crippen LogP contribution is -2.28. The van der Waals surface area contributed by atoms with Gasteiger partial charge in [-0.05, 0) is 20.3 Å². The van der Waals surface area contributed by atoms with E-state index in [1.165, 1.54) is 0 Å². The first-order valence-corrected chi connectivity index (χ1v) is 5.47. The normalized spacial score (nSPS) is 12.3. The molecule has 0 bridgehead atoms. The van der Waals surface area contributed by atoms with Crippen molar-refractivity contribution in [3.63, 3.8) is 0 Å². The van der Waals surface area contributed by atoms with Gasteiger partial charge in [0.2, 0.25) is 0 Å². The quantitative estimate of drug-likeness (QED) is 0.805. The van der Waals surface area contributed by atoms with Crippen LogP contribution in [0.5, 0.6) is 0 Å². The van der Waals surface area contributed by atoms with Gasteiger partial charge in [-0.3, -0.25) is 0 Å². The number of aromatic nitrogens is 2. The summed E-state index contributed by atoms with van der Waals surface area (Å²) in [6.07, 6.45) is 2.71. The molecular weight excluding hydrogens is 188 g/mol. The molecule has 0 radical (unpaired) electrons. The molecule has 15 heavy (non-hydrogen) atoms. The maximum atomic E-state index is 4.27. The van der Waals surface area contributed by atoms with Crippen molar-refractivity contribution in [2.24, 2.45) is 0 Å². The largest absolute Gasteiger partial charge is 0.370 e. The maximum absolute atomic E-state index is 4.27. The molecule has 0 amide bonds. The van der Waals surface area contributed by atoms with Crippen LogP contribution in [-0.2, 0) is 0 Å². The second kappa shape index (κ2) is 5.53. The fourth-order valence-corrected chi connectivity index (χ4v) is 1.32. The van der Waals surface area contributed by atoms with Crippen LogP contribution in [0, 0.1) is 0 Å². The number of rotatable bonds is 5. The van der Waals surface area contributed by atoms with E-state index in [1.807, 2.05) is 6.07 Å². The minimum atomic E-state index is 0.495. The summed E-state index contributed by atoms with van der Waals surface area (Å²) >= 11 is 0. The predicted molar refractivity (Wildman–Crippen MR) is 64.4 cm³/mol. The van der Waals surface area contributed by atoms with Gasteiger partial charge in [0.05, 0.1) is 0 Å². The van der Waals surface area contributed by atoms with Crippen LogP contribution >= 0.6 is 0 Å². The third kappa shape index (κ3) is 3.08. The van der Waals surface area contributed by atoms with Crippen LogP contribution < -0.4 is 10.2 Å². The van der Waals surface area contributed by atoms with E-state index in [0.29, 0.717) is 6.04 Å². The van der Waals surface area contributed by atoms with Gasteiger partial charge in [-0.15, -0.1) is 0 Å². The van der Waals surface area contributed by atoms with E-state index in [4.69, 9.17) is 0 Å². The molecule has 0 saturated carbocycles. The summed E-state index contributed by atoms with van der Waals surface area (Å²) in [5, 5.41) is 3.18. The number of hydrogen-bond donors (Lipinski definition) is 1. The highest BCUT2D eigenvalue weighted by Crippen LogP contribution is 2.15. The van der Waals surface area contributed by atoms with Gasteiger partial charge in [0.1, 0.15) is 18.0 Å². The zero-order valence-electron chi connectivity index (χ0n) is 9.99. The molecule has 0 aromatic carbocycles. The van der Waals surface area contributed by atoms with E-state index in [9.17, 15) is 0 Å². The molecule has 0 aliphatic heterocycles. The average Bonchev–Trinajstić information content (AvgIpc) is 2.28. The number of nitrogens with one attached hydrogen (secondary N) is 1. The highest BCUT2D eigenvalue weighted by Gasteiger charge is 2.09. The Morgan fingerprint density at radius 1 is 1.40 bits per heavy atom. The maximum Gasteiger partial charge on any atom is 0.134 e. The Morgan fingerprint density at radius 3 is 2.73 bits per heavy atom. The second-order valence-corrected chi connectivity index (χ2v) is 3.66. The number of hydrogen-bond acceptors (Lipinski definition) is 4. The Kier molecular flexibility index (Phi) is 4.34. The topological polar surface area (TPSA) is 41.0 Å². The van der Waals surface area contributed by atoms with Crippen LogP contribution in [0.25, 0.3) is 0 Å². The summed E-state index contributed by atoms with van der Waals surface area (Å²) < 4.78 is 0. The molecule has 1 aromatic heterocycles. The number of anilines is 2. The standard InChI is InChI=1S/C11H20N4/c1-5-9(3)15(4)11-7-10(12-6-2)13-8-14-11/h7-9H,5-6H2,1-4H3,(H,12,13,14). The Hall–Kier alpha value is -1.32. The Bertz CT molecular complexity index is 300. The predicted octanol–water partition coefficient (Wildman–Crippen LogP) is 2.14. The monoisotopic (exact) mass is 208 g/mol. The van der Waals surface area contributed by atoms with Gasteiger partial charge >= 0.3 is 0 Å². The van der Waals surface area contributed by atoms with E-state index < -0.39 is 0 Å². The number of nitrogens with zero attached hydrogens (tertiary/aromatic N) is 3. The molecule has 1 atom stereocenters. The highest BCUT2D eigenvalue weighted by molar-refractivity contribution is 5.48. The average molecular weight is 208 g/mol. The van der Waals surface area contributed by atoms with Gasteiger partial charge < -0.3 is 10.2 Å². The first-order chi connectivity index (χ1) is 7.19. The summed E-state index contributed by atoms with van der Waals surface area (Å²) in [5.41, 5.74) is 0. The zero-order valence-corrected chi connectivity index (χ0v) is 9.99. The molecule has 4 nitrogen and oxygen atoms in total. The summed E-state index contributed by atoms with van der Waals surface area (Å²) in [6.45, 7) is 7.30. The molecule has 1 N–H and O–H groups in total. The molecule has 0 aliphatic rings. The summed E-state index contributed by atoms with van der Waals surface area (Å²) in [4.78, 5) is 10.6. The SMILES string of the molecule is CCNc1cc(N(C)C(C)CC)ncn1. The third-order valence-corrected chi connectivity index (χ3v) is 2.62. The molecule has 0 spiro atoms. The van der Waals surface area contributed by atoms with Gasteiger partial charge in [0, 0.05) is 25.7 Å². The molecule has 1 aromatic rings. The summed E-state index contributed by atoms with van der Waals surface area (Å²) in [5.74, 6) is 1.85. The van der Waals surface area contributed by atoms with Crippen LogP contribution in [0.1, 0.15) is 27.2 Å². The van der Waals surface area contributed by atoms with Crippen molar-refractivity contribution in [3.8, 4) is 0 Å². The van der Waals surface area contributed by atoms with Gasteiger partial charge in [-0.1, -0.05) is 6.92 Å². The molecule has 1 unspecified atom stereocenters. The fraction of sp³-hybridized carbons (Fsp3) is 0.636. The molecule has 1 heterocycles. The van der Waals surface area contributed by atoms with Crippen LogP contribution in [0.3, 0.4) is 0 Å². The molecular formula is C11H20N4. The van der Waals surface area contributed by atoms with Crippen molar-refractivity contribution in [1.82, 2.24) is 9.97 Å². The molecule has 4 heteroatoms. The van der Waals surface area contributed by atoms with Gasteiger partial charge in [0.25, 0.3) is 0 Å². The Morgan fingerprint density at radius 2 is 2.13 bits per heavy atom. The smallest absolute Gasteiger partial charge is 0.134 e. The minimum absolute atomic E-state index is 0.495. The van der Waals surface area contributed by atoms with Crippen LogP contribution in [-0.4, -0.2) is 29.6 Å². The molecule has 84 valence electrons. The first-order valence-electron chi connectivity index (χ1n) is 5.47. The van der Waals surface area contributed by atoms with Crippen molar-refractivity contribution in [1.29, 1.82) is 0 Å². The van der Waals surface area contributed by atoms with E-state index >= 15 is 0 Å². The fourth-order valence-electron chi connectivity index (χ4n) is 1.32. The van der Waals surface area contributed by atoms with E-state index in [0.717, 1.165) is 24.6 Å². The van der Waals surface area contributed by atoms with Crippen molar-refractivity contribution in [2.75, 3.05) is 23.8 Å². The van der Waals surface area contributed by atoms with Gasteiger partial charge in [-0.25, -0.2) is 9.97 Å². The van der Waals surface area contributed by atoms with Gasteiger partial charge in [0.15, 0.2) is 0 Å². The minimum Gasteiger partial charge on any atom is -0.370 e. The lowest BCUT2D eigenvalue weighted by atomic mass is 10.2. The third-order valence-electron chi connectivity index (χ3n) is 2.62. The van der Waals surface area contributed by atoms with Crippen LogP contribution in [0.15, 0.2) is 12.4 Å². The van der Waals surface area contributed by atoms with Crippen molar-refractivity contribution >= 4 is 11.6 Å². The molecule has 0 saturated heterocycles. The van der Waals surface area contributed by atoms with Crippen molar-refractivity contribution in [3.05, 3.63) is 12.4 Å². The van der Waals surface area contributed by atoms with E-state index in [2.05, 4.69) is 48.0 Å². The van der Waals surface area contributed by atoms with E-state index in [-0.39, 0.29) is 0 Å². The Labute approximate surface area is 91.7 Å². The molecule has 0 aliphatic carbocycles. The Balaban J connectivity index is 2.80. The molecule has 0 fully saturated rings. The molecule has 1 rings (SSSR count). The van der Waals surface area contributed by atoms with Crippen molar-refractivity contribution in [2.45, 2.75) is 33.2 Å². The van der Waals surface area contributed by atoms with E-state index in [1.54, 1.807) is 6.33 Å². The highest BCUT2D eigenvalue weighted by atomic mass is 15.2. The lowest BCUT2D eigenvalue weighted by Gasteiger charge is -2.24. The lowest BCUT2D eigenvalue weighted by molar-refractivity contribution is 0.656.